The van der Waals surface area contributed by atoms with Crippen molar-refractivity contribution in [2.75, 3.05) is 6.54 Å². The molecule has 0 spiro atoms. The van der Waals surface area contributed by atoms with Crippen LogP contribution in [0.15, 0.2) is 18.2 Å². The molecule has 1 aromatic rings. The molecule has 3 unspecified atom stereocenters. The first-order chi connectivity index (χ1) is 8.56. The highest BCUT2D eigenvalue weighted by Crippen LogP contribution is 2.27. The second-order valence-electron chi connectivity index (χ2n) is 5.14. The Morgan fingerprint density at radius 1 is 1.33 bits per heavy atom. The highest BCUT2D eigenvalue weighted by molar-refractivity contribution is 6.42. The maximum Gasteiger partial charge on any atom is 0.0595 e. The summed E-state index contributed by atoms with van der Waals surface area (Å²) in [6.07, 6.45) is 2.87. The van der Waals surface area contributed by atoms with Crippen LogP contribution in [0.5, 0.6) is 0 Å². The van der Waals surface area contributed by atoms with E-state index in [9.17, 15) is 5.11 Å². The number of rotatable bonds is 4. The lowest BCUT2D eigenvalue weighted by molar-refractivity contribution is 0.177. The van der Waals surface area contributed by atoms with Gasteiger partial charge in [-0.3, -0.25) is 0 Å². The smallest absolute Gasteiger partial charge is 0.0595 e. The van der Waals surface area contributed by atoms with Crippen molar-refractivity contribution in [2.24, 2.45) is 5.92 Å². The molecule has 0 saturated heterocycles. The Morgan fingerprint density at radius 2 is 2.11 bits per heavy atom. The van der Waals surface area contributed by atoms with Gasteiger partial charge in [-0.25, -0.2) is 0 Å². The number of nitrogens with one attached hydrogen (secondary N) is 1. The molecule has 0 amide bonds. The molecule has 0 aromatic heterocycles. The minimum Gasteiger partial charge on any atom is -0.393 e. The molecule has 2 rings (SSSR count). The van der Waals surface area contributed by atoms with Crippen molar-refractivity contribution < 1.29 is 5.11 Å². The van der Waals surface area contributed by atoms with Gasteiger partial charge in [-0.15, -0.1) is 0 Å². The van der Waals surface area contributed by atoms with Gasteiger partial charge in [0.05, 0.1) is 16.1 Å². The van der Waals surface area contributed by atoms with E-state index in [0.717, 1.165) is 31.4 Å². The largest absolute Gasteiger partial charge is 0.393 e. The Hall–Kier alpha value is -0.280. The first-order valence-electron chi connectivity index (χ1n) is 6.42. The Balaban J connectivity index is 1.87. The fourth-order valence-electron chi connectivity index (χ4n) is 2.48. The van der Waals surface area contributed by atoms with Crippen LogP contribution in [0.2, 0.25) is 10.0 Å². The predicted octanol–water partition coefficient (Wildman–Crippen LogP) is 3.81. The molecule has 1 aromatic carbocycles. The zero-order valence-corrected chi connectivity index (χ0v) is 12.0. The zero-order chi connectivity index (χ0) is 13.1. The van der Waals surface area contributed by atoms with Gasteiger partial charge in [-0.2, -0.15) is 0 Å². The average molecular weight is 288 g/mol. The predicted molar refractivity (Wildman–Crippen MR) is 76.2 cm³/mol. The Morgan fingerprint density at radius 3 is 2.72 bits per heavy atom. The number of aliphatic hydroxyl groups excluding tert-OH is 1. The number of aliphatic hydroxyl groups is 1. The van der Waals surface area contributed by atoms with Gasteiger partial charge in [0.25, 0.3) is 0 Å². The molecule has 3 atom stereocenters. The zero-order valence-electron chi connectivity index (χ0n) is 10.5. The van der Waals surface area contributed by atoms with Gasteiger partial charge >= 0.3 is 0 Å². The van der Waals surface area contributed by atoms with Gasteiger partial charge < -0.3 is 10.4 Å². The summed E-state index contributed by atoms with van der Waals surface area (Å²) in [6, 6.07) is 5.98. The molecule has 2 N–H and O–H groups in total. The second-order valence-corrected chi connectivity index (χ2v) is 5.95. The van der Waals surface area contributed by atoms with Gasteiger partial charge in [0.2, 0.25) is 0 Å². The summed E-state index contributed by atoms with van der Waals surface area (Å²) >= 11 is 11.9. The van der Waals surface area contributed by atoms with E-state index in [-0.39, 0.29) is 12.1 Å². The molecule has 0 radical (unpaired) electrons. The molecule has 1 fully saturated rings. The third kappa shape index (κ3) is 3.61. The number of benzene rings is 1. The molecule has 18 heavy (non-hydrogen) atoms. The van der Waals surface area contributed by atoms with Crippen molar-refractivity contribution in [3.63, 3.8) is 0 Å². The first-order valence-corrected chi connectivity index (χ1v) is 7.18. The molecule has 100 valence electrons. The van der Waals surface area contributed by atoms with Crippen LogP contribution in [0.4, 0.5) is 0 Å². The second kappa shape index (κ2) is 6.25. The SMILES string of the molecule is CC(NCC1CCC(O)C1)c1ccc(Cl)c(Cl)c1. The van der Waals surface area contributed by atoms with E-state index in [4.69, 9.17) is 23.2 Å². The normalized spacial score (nSPS) is 25.3. The third-order valence-corrected chi connectivity index (χ3v) is 4.41. The van der Waals surface area contributed by atoms with E-state index in [1.807, 2.05) is 18.2 Å². The van der Waals surface area contributed by atoms with E-state index in [2.05, 4.69) is 12.2 Å². The molecule has 0 bridgehead atoms. The minimum atomic E-state index is -0.0999. The number of halogens is 2. The minimum absolute atomic E-state index is 0.0999. The summed E-state index contributed by atoms with van der Waals surface area (Å²) in [6.45, 7) is 3.06. The van der Waals surface area contributed by atoms with Crippen molar-refractivity contribution in [3.05, 3.63) is 33.8 Å². The van der Waals surface area contributed by atoms with Gasteiger partial charge in [0, 0.05) is 6.04 Å². The van der Waals surface area contributed by atoms with E-state index in [1.54, 1.807) is 0 Å². The fraction of sp³-hybridized carbons (Fsp3) is 0.571. The Kier molecular flexibility index (Phi) is 4.91. The van der Waals surface area contributed by atoms with Crippen molar-refractivity contribution >= 4 is 23.2 Å². The maximum atomic E-state index is 9.49. The first kappa shape index (κ1) is 14.1. The van der Waals surface area contributed by atoms with Crippen LogP contribution in [0.1, 0.15) is 37.8 Å². The lowest BCUT2D eigenvalue weighted by Crippen LogP contribution is -2.25. The Labute approximate surface area is 118 Å². The quantitative estimate of drug-likeness (QED) is 0.883. The van der Waals surface area contributed by atoms with Gasteiger partial charge in [0.15, 0.2) is 0 Å². The van der Waals surface area contributed by atoms with Crippen LogP contribution in [0, 0.1) is 5.92 Å². The summed E-state index contributed by atoms with van der Waals surface area (Å²) in [7, 11) is 0. The molecule has 2 nitrogen and oxygen atoms in total. The van der Waals surface area contributed by atoms with E-state index in [0.29, 0.717) is 16.0 Å². The summed E-state index contributed by atoms with van der Waals surface area (Å²) < 4.78 is 0. The van der Waals surface area contributed by atoms with E-state index >= 15 is 0 Å². The highest BCUT2D eigenvalue weighted by Gasteiger charge is 2.22. The molecular formula is C14H19Cl2NO. The van der Waals surface area contributed by atoms with Crippen molar-refractivity contribution in [2.45, 2.75) is 38.3 Å². The van der Waals surface area contributed by atoms with Gasteiger partial charge in [0.1, 0.15) is 0 Å². The third-order valence-electron chi connectivity index (χ3n) is 3.67. The molecule has 0 aliphatic heterocycles. The lowest BCUT2D eigenvalue weighted by atomic mass is 10.1. The Bertz CT molecular complexity index is 411. The van der Waals surface area contributed by atoms with Crippen LogP contribution >= 0.6 is 23.2 Å². The maximum absolute atomic E-state index is 9.49. The summed E-state index contributed by atoms with van der Waals surface area (Å²) in [5, 5.41) is 14.2. The topological polar surface area (TPSA) is 32.3 Å². The molecule has 1 saturated carbocycles. The fourth-order valence-corrected chi connectivity index (χ4v) is 2.78. The summed E-state index contributed by atoms with van der Waals surface area (Å²) in [4.78, 5) is 0. The number of hydrogen-bond acceptors (Lipinski definition) is 2. The van der Waals surface area contributed by atoms with Crippen molar-refractivity contribution in [1.29, 1.82) is 0 Å². The van der Waals surface area contributed by atoms with Crippen molar-refractivity contribution in [1.82, 2.24) is 5.32 Å². The molecule has 1 aliphatic carbocycles. The van der Waals surface area contributed by atoms with Gasteiger partial charge in [-0.05, 0) is 56.3 Å². The standard InChI is InChI=1S/C14H19Cl2NO/c1-9(11-3-5-13(15)14(16)7-11)17-8-10-2-4-12(18)6-10/h3,5,7,9-10,12,17-18H,2,4,6,8H2,1H3. The van der Waals surface area contributed by atoms with Crippen LogP contribution in [0.3, 0.4) is 0 Å². The van der Waals surface area contributed by atoms with Crippen LogP contribution in [0.25, 0.3) is 0 Å². The molecule has 1 aliphatic rings. The summed E-state index contributed by atoms with van der Waals surface area (Å²) in [5.74, 6) is 0.588. The van der Waals surface area contributed by atoms with Crippen LogP contribution < -0.4 is 5.32 Å². The molecule has 0 heterocycles. The number of hydrogen-bond donors (Lipinski definition) is 2. The summed E-state index contributed by atoms with van der Waals surface area (Å²) in [5.41, 5.74) is 1.14. The van der Waals surface area contributed by atoms with E-state index < -0.39 is 0 Å². The van der Waals surface area contributed by atoms with Crippen LogP contribution in [-0.4, -0.2) is 17.8 Å². The molecular weight excluding hydrogens is 269 g/mol. The molecule has 4 heteroatoms. The van der Waals surface area contributed by atoms with Crippen molar-refractivity contribution in [3.8, 4) is 0 Å². The lowest BCUT2D eigenvalue weighted by Gasteiger charge is -2.18. The van der Waals surface area contributed by atoms with E-state index in [1.165, 1.54) is 0 Å². The van der Waals surface area contributed by atoms with Gasteiger partial charge in [-0.1, -0.05) is 29.3 Å². The highest BCUT2D eigenvalue weighted by atomic mass is 35.5. The van der Waals surface area contributed by atoms with Crippen LogP contribution in [-0.2, 0) is 0 Å². The average Bonchev–Trinajstić information content (AvgIpc) is 2.75. The monoisotopic (exact) mass is 287 g/mol.